The first-order valence-electron chi connectivity index (χ1n) is 8.60. The number of likely N-dealkylation sites (N-methyl/N-ethyl adjacent to an activating group) is 1. The van der Waals surface area contributed by atoms with Gasteiger partial charge in [0.1, 0.15) is 0 Å². The summed E-state index contributed by atoms with van der Waals surface area (Å²) in [7, 11) is 0. The normalized spacial score (nSPS) is 26.1. The summed E-state index contributed by atoms with van der Waals surface area (Å²) in [5.74, 6) is 2.58. The van der Waals surface area contributed by atoms with Gasteiger partial charge in [0.05, 0.1) is 0 Å². The van der Waals surface area contributed by atoms with Gasteiger partial charge in [0.25, 0.3) is 0 Å². The Morgan fingerprint density at radius 2 is 1.84 bits per heavy atom. The minimum atomic E-state index is 0.619. The van der Waals surface area contributed by atoms with Crippen LogP contribution in [0, 0.1) is 17.8 Å². The van der Waals surface area contributed by atoms with Crippen molar-refractivity contribution in [2.24, 2.45) is 23.5 Å². The lowest BCUT2D eigenvalue weighted by molar-refractivity contribution is 0.0954. The minimum absolute atomic E-state index is 0.619. The van der Waals surface area contributed by atoms with Crippen molar-refractivity contribution in [3.8, 4) is 0 Å². The molecule has 0 amide bonds. The van der Waals surface area contributed by atoms with E-state index >= 15 is 0 Å². The molecule has 1 aliphatic rings. The van der Waals surface area contributed by atoms with Gasteiger partial charge >= 0.3 is 0 Å². The first kappa shape index (κ1) is 17.0. The Kier molecular flexibility index (Phi) is 8.01. The van der Waals surface area contributed by atoms with Crippen LogP contribution in [0.4, 0.5) is 0 Å². The molecule has 1 saturated carbocycles. The SMILES string of the molecule is CCC(CC)CN(CC)C(CN)C1CCCC(C)C1. The maximum absolute atomic E-state index is 6.14. The predicted molar refractivity (Wildman–Crippen MR) is 85.3 cm³/mol. The fourth-order valence-corrected chi connectivity index (χ4v) is 3.85. The third-order valence-corrected chi connectivity index (χ3v) is 5.29. The second-order valence-electron chi connectivity index (χ2n) is 6.60. The average molecular weight is 268 g/mol. The number of rotatable bonds is 8. The maximum Gasteiger partial charge on any atom is 0.0246 e. The number of nitrogens with two attached hydrogens (primary N) is 1. The lowest BCUT2D eigenvalue weighted by Crippen LogP contribution is -2.48. The standard InChI is InChI=1S/C17H36N2/c1-5-15(6-2)13-19(7-3)17(12-18)16-10-8-9-14(4)11-16/h14-17H,5-13,18H2,1-4H3. The predicted octanol–water partition coefficient (Wildman–Crippen LogP) is 3.90. The van der Waals surface area contributed by atoms with E-state index in [1.165, 1.54) is 45.1 Å². The van der Waals surface area contributed by atoms with Crippen LogP contribution in [0.25, 0.3) is 0 Å². The highest BCUT2D eigenvalue weighted by Gasteiger charge is 2.30. The summed E-state index contributed by atoms with van der Waals surface area (Å²) in [6.07, 6.45) is 8.21. The van der Waals surface area contributed by atoms with Crippen LogP contribution >= 0.6 is 0 Å². The molecule has 3 unspecified atom stereocenters. The van der Waals surface area contributed by atoms with Gasteiger partial charge in [-0.05, 0) is 37.1 Å². The Bertz CT molecular complexity index is 225. The van der Waals surface area contributed by atoms with Gasteiger partial charge in [0.2, 0.25) is 0 Å². The van der Waals surface area contributed by atoms with Crippen molar-refractivity contribution in [3.63, 3.8) is 0 Å². The molecule has 114 valence electrons. The van der Waals surface area contributed by atoms with E-state index in [0.717, 1.165) is 30.8 Å². The van der Waals surface area contributed by atoms with Crippen LogP contribution in [0.15, 0.2) is 0 Å². The van der Waals surface area contributed by atoms with Crippen molar-refractivity contribution in [2.45, 2.75) is 72.3 Å². The van der Waals surface area contributed by atoms with Crippen LogP contribution in [-0.2, 0) is 0 Å². The van der Waals surface area contributed by atoms with Crippen LogP contribution in [0.2, 0.25) is 0 Å². The lowest BCUT2D eigenvalue weighted by atomic mass is 9.78. The maximum atomic E-state index is 6.14. The Labute approximate surface area is 121 Å². The van der Waals surface area contributed by atoms with Gasteiger partial charge < -0.3 is 5.73 Å². The monoisotopic (exact) mass is 268 g/mol. The number of nitrogens with zero attached hydrogens (tertiary/aromatic N) is 1. The van der Waals surface area contributed by atoms with Gasteiger partial charge in [0, 0.05) is 19.1 Å². The smallest absolute Gasteiger partial charge is 0.0246 e. The zero-order valence-electron chi connectivity index (χ0n) is 13.7. The molecule has 19 heavy (non-hydrogen) atoms. The molecular weight excluding hydrogens is 232 g/mol. The molecule has 0 aromatic heterocycles. The van der Waals surface area contributed by atoms with Crippen LogP contribution in [0.1, 0.15) is 66.2 Å². The van der Waals surface area contributed by atoms with Gasteiger partial charge in [-0.2, -0.15) is 0 Å². The lowest BCUT2D eigenvalue weighted by Gasteiger charge is -2.40. The molecule has 0 bridgehead atoms. The topological polar surface area (TPSA) is 29.3 Å². The van der Waals surface area contributed by atoms with Crippen molar-refractivity contribution in [2.75, 3.05) is 19.6 Å². The van der Waals surface area contributed by atoms with E-state index in [4.69, 9.17) is 5.73 Å². The highest BCUT2D eigenvalue weighted by Crippen LogP contribution is 2.32. The molecule has 0 aromatic carbocycles. The third kappa shape index (κ3) is 5.07. The Morgan fingerprint density at radius 1 is 1.16 bits per heavy atom. The molecule has 0 aromatic rings. The summed E-state index contributed by atoms with van der Waals surface area (Å²) >= 11 is 0. The number of hydrogen-bond donors (Lipinski definition) is 1. The fourth-order valence-electron chi connectivity index (χ4n) is 3.85. The molecule has 0 radical (unpaired) electrons. The van der Waals surface area contributed by atoms with Crippen molar-refractivity contribution in [1.82, 2.24) is 4.90 Å². The van der Waals surface area contributed by atoms with E-state index < -0.39 is 0 Å². The Morgan fingerprint density at radius 3 is 2.32 bits per heavy atom. The van der Waals surface area contributed by atoms with Crippen molar-refractivity contribution in [1.29, 1.82) is 0 Å². The van der Waals surface area contributed by atoms with Crippen molar-refractivity contribution in [3.05, 3.63) is 0 Å². The summed E-state index contributed by atoms with van der Waals surface area (Å²) in [5.41, 5.74) is 6.14. The molecule has 1 rings (SSSR count). The molecule has 2 N–H and O–H groups in total. The van der Waals surface area contributed by atoms with Crippen LogP contribution in [-0.4, -0.2) is 30.6 Å². The second kappa shape index (κ2) is 8.97. The average Bonchev–Trinajstić information content (AvgIpc) is 2.43. The van der Waals surface area contributed by atoms with Crippen molar-refractivity contribution < 1.29 is 0 Å². The van der Waals surface area contributed by atoms with E-state index in [0.29, 0.717) is 6.04 Å². The quantitative estimate of drug-likeness (QED) is 0.723. The molecule has 0 spiro atoms. The summed E-state index contributed by atoms with van der Waals surface area (Å²) in [6, 6.07) is 0.619. The van der Waals surface area contributed by atoms with Gasteiger partial charge in [-0.1, -0.05) is 53.4 Å². The Hall–Kier alpha value is -0.0800. The molecule has 0 heterocycles. The minimum Gasteiger partial charge on any atom is -0.329 e. The number of hydrogen-bond acceptors (Lipinski definition) is 2. The molecule has 3 atom stereocenters. The van der Waals surface area contributed by atoms with E-state index in [1.807, 2.05) is 0 Å². The highest BCUT2D eigenvalue weighted by molar-refractivity contribution is 4.84. The highest BCUT2D eigenvalue weighted by atomic mass is 15.2. The largest absolute Gasteiger partial charge is 0.329 e. The zero-order valence-corrected chi connectivity index (χ0v) is 13.7. The van der Waals surface area contributed by atoms with Crippen LogP contribution in [0.5, 0.6) is 0 Å². The fraction of sp³-hybridized carbons (Fsp3) is 1.00. The molecule has 0 saturated heterocycles. The zero-order chi connectivity index (χ0) is 14.3. The van der Waals surface area contributed by atoms with Gasteiger partial charge in [0.15, 0.2) is 0 Å². The van der Waals surface area contributed by atoms with E-state index in [9.17, 15) is 0 Å². The Balaban J connectivity index is 2.63. The van der Waals surface area contributed by atoms with Gasteiger partial charge in [-0.25, -0.2) is 0 Å². The van der Waals surface area contributed by atoms with Crippen molar-refractivity contribution >= 4 is 0 Å². The first-order valence-corrected chi connectivity index (χ1v) is 8.60. The summed E-state index contributed by atoms with van der Waals surface area (Å²) < 4.78 is 0. The van der Waals surface area contributed by atoms with E-state index in [-0.39, 0.29) is 0 Å². The summed E-state index contributed by atoms with van der Waals surface area (Å²) in [6.45, 7) is 12.6. The molecule has 0 aliphatic heterocycles. The first-order chi connectivity index (χ1) is 9.15. The van der Waals surface area contributed by atoms with Gasteiger partial charge in [-0.3, -0.25) is 4.90 Å². The molecular formula is C17H36N2. The third-order valence-electron chi connectivity index (χ3n) is 5.29. The van der Waals surface area contributed by atoms with Gasteiger partial charge in [-0.15, -0.1) is 0 Å². The summed E-state index contributed by atoms with van der Waals surface area (Å²) in [4.78, 5) is 2.68. The molecule has 2 heteroatoms. The van der Waals surface area contributed by atoms with E-state index in [1.54, 1.807) is 0 Å². The van der Waals surface area contributed by atoms with Crippen LogP contribution < -0.4 is 5.73 Å². The second-order valence-corrected chi connectivity index (χ2v) is 6.60. The van der Waals surface area contributed by atoms with E-state index in [2.05, 4.69) is 32.6 Å². The molecule has 1 fully saturated rings. The van der Waals surface area contributed by atoms with Crippen LogP contribution in [0.3, 0.4) is 0 Å². The summed E-state index contributed by atoms with van der Waals surface area (Å²) in [5, 5.41) is 0. The molecule has 2 nitrogen and oxygen atoms in total. The molecule has 1 aliphatic carbocycles.